The molecule has 1 amide bonds. The Morgan fingerprint density at radius 1 is 1.04 bits per heavy atom. The fourth-order valence-corrected chi connectivity index (χ4v) is 5.42. The summed E-state index contributed by atoms with van der Waals surface area (Å²) >= 11 is 3.43. The van der Waals surface area contributed by atoms with Gasteiger partial charge < -0.3 is 5.32 Å². The molecule has 148 valence electrons. The quantitative estimate of drug-likeness (QED) is 0.678. The zero-order valence-electron chi connectivity index (χ0n) is 15.4. The molecule has 2 saturated carbocycles. The number of benzene rings is 2. The van der Waals surface area contributed by atoms with Crippen molar-refractivity contribution in [3.63, 3.8) is 0 Å². The topological polar surface area (TPSA) is 75.3 Å². The van der Waals surface area contributed by atoms with Crippen LogP contribution in [0.5, 0.6) is 0 Å². The van der Waals surface area contributed by atoms with Gasteiger partial charge in [-0.25, -0.2) is 13.1 Å². The molecule has 0 heterocycles. The molecule has 0 spiro atoms. The van der Waals surface area contributed by atoms with Gasteiger partial charge in [0.2, 0.25) is 10.0 Å². The van der Waals surface area contributed by atoms with Gasteiger partial charge in [-0.15, -0.1) is 0 Å². The average Bonchev–Trinajstić information content (AvgIpc) is 3.28. The van der Waals surface area contributed by atoms with E-state index >= 15 is 0 Å². The molecule has 28 heavy (non-hydrogen) atoms. The molecule has 0 radical (unpaired) electrons. The lowest BCUT2D eigenvalue weighted by Gasteiger charge is -2.19. The first-order valence-corrected chi connectivity index (χ1v) is 11.9. The van der Waals surface area contributed by atoms with Crippen LogP contribution in [0.4, 0.5) is 0 Å². The minimum Gasteiger partial charge on any atom is -0.343 e. The second kappa shape index (κ2) is 7.61. The fraction of sp³-hybridized carbons (Fsp3) is 0.381. The first kappa shape index (κ1) is 19.6. The van der Waals surface area contributed by atoms with Crippen molar-refractivity contribution < 1.29 is 13.2 Å². The van der Waals surface area contributed by atoms with Gasteiger partial charge in [-0.05, 0) is 61.6 Å². The van der Waals surface area contributed by atoms with Crippen LogP contribution in [0.3, 0.4) is 0 Å². The molecule has 0 aliphatic heterocycles. The third-order valence-electron chi connectivity index (χ3n) is 5.58. The second-order valence-corrected chi connectivity index (χ2v) is 10.3. The van der Waals surface area contributed by atoms with Crippen molar-refractivity contribution in [3.05, 3.63) is 64.1 Å². The van der Waals surface area contributed by atoms with Crippen molar-refractivity contribution in [1.82, 2.24) is 10.0 Å². The van der Waals surface area contributed by atoms with Crippen LogP contribution in [-0.4, -0.2) is 20.4 Å². The molecule has 0 saturated heterocycles. The molecule has 0 atom stereocenters. The standard InChI is InChI=1S/C21H23BrN2O3S/c22-17-10-8-16(9-11-17)21(12-13-21)23-20(25)15-4-3-7-19(14-15)28(26,27)24-18-5-1-2-6-18/h3-4,7-11,14,18,24H,1-2,5-6,12-13H2,(H,23,25). The fourth-order valence-electron chi connectivity index (χ4n) is 3.80. The number of halogens is 1. The number of hydrogen-bond donors (Lipinski definition) is 2. The van der Waals surface area contributed by atoms with Crippen LogP contribution in [0.25, 0.3) is 0 Å². The van der Waals surface area contributed by atoms with Crippen LogP contribution < -0.4 is 10.0 Å². The Kier molecular flexibility index (Phi) is 5.33. The zero-order chi connectivity index (χ0) is 19.8. The van der Waals surface area contributed by atoms with E-state index in [1.54, 1.807) is 12.1 Å². The van der Waals surface area contributed by atoms with Gasteiger partial charge in [0.05, 0.1) is 10.4 Å². The van der Waals surface area contributed by atoms with Crippen molar-refractivity contribution in [1.29, 1.82) is 0 Å². The Morgan fingerprint density at radius 2 is 1.71 bits per heavy atom. The third kappa shape index (κ3) is 4.16. The zero-order valence-corrected chi connectivity index (χ0v) is 17.9. The lowest BCUT2D eigenvalue weighted by Crippen LogP contribution is -2.35. The van der Waals surface area contributed by atoms with E-state index in [4.69, 9.17) is 0 Å². The summed E-state index contributed by atoms with van der Waals surface area (Å²) in [5.41, 5.74) is 1.07. The highest BCUT2D eigenvalue weighted by Gasteiger charge is 2.45. The van der Waals surface area contributed by atoms with Crippen molar-refractivity contribution >= 4 is 31.9 Å². The number of rotatable bonds is 6. The number of nitrogens with one attached hydrogen (secondary N) is 2. The smallest absolute Gasteiger partial charge is 0.252 e. The Hall–Kier alpha value is -1.70. The maximum Gasteiger partial charge on any atom is 0.252 e. The normalized spacial score (nSPS) is 18.8. The molecule has 2 aromatic carbocycles. The first-order valence-electron chi connectivity index (χ1n) is 9.59. The molecule has 0 aromatic heterocycles. The SMILES string of the molecule is O=C(NC1(c2ccc(Br)cc2)CC1)c1cccc(S(=O)(=O)NC2CCCC2)c1. The molecule has 5 nitrogen and oxygen atoms in total. The highest BCUT2D eigenvalue weighted by Crippen LogP contribution is 2.45. The molecule has 2 aliphatic carbocycles. The minimum absolute atomic E-state index is 0.00498. The van der Waals surface area contributed by atoms with Crippen LogP contribution in [0.2, 0.25) is 0 Å². The van der Waals surface area contributed by atoms with Crippen LogP contribution in [0.1, 0.15) is 54.4 Å². The van der Waals surface area contributed by atoms with E-state index in [0.29, 0.717) is 5.56 Å². The summed E-state index contributed by atoms with van der Waals surface area (Å²) in [6.45, 7) is 0. The summed E-state index contributed by atoms with van der Waals surface area (Å²) in [7, 11) is -3.62. The maximum atomic E-state index is 12.8. The summed E-state index contributed by atoms with van der Waals surface area (Å²) < 4.78 is 29.1. The number of carbonyl (C=O) groups is 1. The van der Waals surface area contributed by atoms with Gasteiger partial charge in [-0.1, -0.05) is 47.0 Å². The van der Waals surface area contributed by atoms with E-state index in [1.807, 2.05) is 24.3 Å². The molecule has 2 fully saturated rings. The van der Waals surface area contributed by atoms with Gasteiger partial charge in [0.1, 0.15) is 0 Å². The van der Waals surface area contributed by atoms with Crippen LogP contribution in [0.15, 0.2) is 57.9 Å². The van der Waals surface area contributed by atoms with Gasteiger partial charge in [0, 0.05) is 16.1 Å². The van der Waals surface area contributed by atoms with Crippen LogP contribution >= 0.6 is 15.9 Å². The molecule has 2 aromatic rings. The van der Waals surface area contributed by atoms with E-state index in [2.05, 4.69) is 26.0 Å². The predicted octanol–water partition coefficient (Wildman–Crippen LogP) is 4.09. The van der Waals surface area contributed by atoms with Crippen molar-refractivity contribution in [3.8, 4) is 0 Å². The molecule has 2 N–H and O–H groups in total. The summed E-state index contributed by atoms with van der Waals surface area (Å²) in [6, 6.07) is 14.2. The molecular weight excluding hydrogens is 440 g/mol. The lowest BCUT2D eigenvalue weighted by atomic mass is 10.0. The van der Waals surface area contributed by atoms with Gasteiger partial charge in [-0.3, -0.25) is 4.79 Å². The minimum atomic E-state index is -3.62. The predicted molar refractivity (Wildman–Crippen MR) is 112 cm³/mol. The summed E-state index contributed by atoms with van der Waals surface area (Å²) in [6.07, 6.45) is 5.59. The maximum absolute atomic E-state index is 12.8. The molecule has 0 unspecified atom stereocenters. The van der Waals surface area contributed by atoms with Gasteiger partial charge in [-0.2, -0.15) is 0 Å². The van der Waals surface area contributed by atoms with E-state index in [-0.39, 0.29) is 22.4 Å². The van der Waals surface area contributed by atoms with Crippen LogP contribution in [0, 0.1) is 0 Å². The van der Waals surface area contributed by atoms with Crippen molar-refractivity contribution in [2.45, 2.75) is 55.0 Å². The first-order chi connectivity index (χ1) is 13.4. The van der Waals surface area contributed by atoms with E-state index in [9.17, 15) is 13.2 Å². The Balaban J connectivity index is 1.51. The molecular formula is C21H23BrN2O3S. The monoisotopic (exact) mass is 462 g/mol. The Labute approximate surface area is 174 Å². The summed E-state index contributed by atoms with van der Waals surface area (Å²) in [5.74, 6) is -0.252. The number of amides is 1. The largest absolute Gasteiger partial charge is 0.343 e. The highest BCUT2D eigenvalue weighted by molar-refractivity contribution is 9.10. The van der Waals surface area contributed by atoms with E-state index in [0.717, 1.165) is 48.6 Å². The number of sulfonamides is 1. The Bertz CT molecular complexity index is 979. The van der Waals surface area contributed by atoms with Crippen LogP contribution in [-0.2, 0) is 15.6 Å². The molecule has 0 bridgehead atoms. The van der Waals surface area contributed by atoms with Gasteiger partial charge in [0.25, 0.3) is 5.91 Å². The lowest BCUT2D eigenvalue weighted by molar-refractivity contribution is 0.0930. The Morgan fingerprint density at radius 3 is 2.36 bits per heavy atom. The molecule has 7 heteroatoms. The second-order valence-electron chi connectivity index (χ2n) is 7.67. The number of carbonyl (C=O) groups excluding carboxylic acids is 1. The van der Waals surface area contributed by atoms with Crippen molar-refractivity contribution in [2.24, 2.45) is 0 Å². The number of hydrogen-bond acceptors (Lipinski definition) is 3. The highest BCUT2D eigenvalue weighted by atomic mass is 79.9. The van der Waals surface area contributed by atoms with Gasteiger partial charge >= 0.3 is 0 Å². The summed E-state index contributed by atoms with van der Waals surface area (Å²) in [5, 5.41) is 3.10. The van der Waals surface area contributed by atoms with Crippen molar-refractivity contribution in [2.75, 3.05) is 0 Å². The summed E-state index contributed by atoms with van der Waals surface area (Å²) in [4.78, 5) is 13.0. The molecule has 2 aliphatic rings. The third-order valence-corrected chi connectivity index (χ3v) is 7.63. The van der Waals surface area contributed by atoms with E-state index in [1.165, 1.54) is 12.1 Å². The van der Waals surface area contributed by atoms with E-state index < -0.39 is 10.0 Å². The van der Waals surface area contributed by atoms with Gasteiger partial charge in [0.15, 0.2) is 0 Å². The average molecular weight is 463 g/mol. The molecule has 4 rings (SSSR count).